The van der Waals surface area contributed by atoms with Crippen LogP contribution in [0.2, 0.25) is 0 Å². The van der Waals surface area contributed by atoms with Gasteiger partial charge in [-0.25, -0.2) is 4.79 Å². The Bertz CT molecular complexity index is 1040. The number of fused-ring (bicyclic) bond motifs is 1. The highest BCUT2D eigenvalue weighted by Gasteiger charge is 2.21. The first kappa shape index (κ1) is 18.7. The van der Waals surface area contributed by atoms with E-state index < -0.39 is 0 Å². The van der Waals surface area contributed by atoms with Crippen LogP contribution in [0.3, 0.4) is 0 Å². The molecule has 1 N–H and O–H groups in total. The van der Waals surface area contributed by atoms with Crippen molar-refractivity contribution in [1.29, 1.82) is 0 Å². The zero-order valence-corrected chi connectivity index (χ0v) is 16.8. The van der Waals surface area contributed by atoms with Crippen LogP contribution >= 0.6 is 12.2 Å². The summed E-state index contributed by atoms with van der Waals surface area (Å²) in [5.41, 5.74) is 3.43. The van der Waals surface area contributed by atoms with Gasteiger partial charge in [0, 0.05) is 36.3 Å². The molecule has 1 aliphatic heterocycles. The number of hydrogen-bond acceptors (Lipinski definition) is 3. The number of hydrogen-bond donors (Lipinski definition) is 1. The topological polar surface area (TPSA) is 45.5 Å². The molecule has 0 spiro atoms. The predicted octanol–water partition coefficient (Wildman–Crippen LogP) is 4.75. The molecule has 0 aliphatic carbocycles. The highest BCUT2D eigenvalue weighted by Crippen LogP contribution is 2.24. The van der Waals surface area contributed by atoms with Crippen LogP contribution in [-0.2, 0) is 6.42 Å². The Morgan fingerprint density at radius 2 is 1.89 bits per heavy atom. The quantitative estimate of drug-likeness (QED) is 0.515. The molecular formula is C23H24N2O2S. The summed E-state index contributed by atoms with van der Waals surface area (Å²) in [5, 5.41) is 4.97. The minimum Gasteiger partial charge on any atom is -0.423 e. The summed E-state index contributed by atoms with van der Waals surface area (Å²) in [6, 6.07) is 18.0. The Morgan fingerprint density at radius 1 is 1.14 bits per heavy atom. The van der Waals surface area contributed by atoms with Crippen molar-refractivity contribution in [2.24, 2.45) is 5.92 Å². The summed E-state index contributed by atoms with van der Waals surface area (Å²) in [7, 11) is 0. The largest absolute Gasteiger partial charge is 0.423 e. The van der Waals surface area contributed by atoms with E-state index in [4.69, 9.17) is 16.6 Å². The fourth-order valence-corrected chi connectivity index (χ4v) is 4.19. The number of benzene rings is 2. The van der Waals surface area contributed by atoms with Crippen molar-refractivity contribution in [3.8, 4) is 0 Å². The molecule has 2 heterocycles. The lowest BCUT2D eigenvalue weighted by Crippen LogP contribution is -2.41. The molecule has 4 rings (SSSR count). The van der Waals surface area contributed by atoms with Gasteiger partial charge >= 0.3 is 5.63 Å². The lowest BCUT2D eigenvalue weighted by atomic mass is 9.90. The third-order valence-electron chi connectivity index (χ3n) is 5.47. The van der Waals surface area contributed by atoms with Crippen LogP contribution in [0, 0.1) is 12.8 Å². The molecule has 0 radical (unpaired) electrons. The van der Waals surface area contributed by atoms with E-state index in [1.807, 2.05) is 25.1 Å². The number of aryl methyl sites for hydroxylation is 1. The van der Waals surface area contributed by atoms with E-state index in [0.717, 1.165) is 54.1 Å². The van der Waals surface area contributed by atoms with Gasteiger partial charge in [0.05, 0.1) is 0 Å². The minimum atomic E-state index is -0.329. The van der Waals surface area contributed by atoms with Gasteiger partial charge in [0.1, 0.15) is 5.58 Å². The summed E-state index contributed by atoms with van der Waals surface area (Å²) in [5.74, 6) is 0.708. The van der Waals surface area contributed by atoms with Crippen molar-refractivity contribution in [1.82, 2.24) is 4.90 Å². The maximum absolute atomic E-state index is 11.6. The normalized spacial score (nSPS) is 15.0. The number of anilines is 1. The van der Waals surface area contributed by atoms with Gasteiger partial charge in [0.25, 0.3) is 0 Å². The van der Waals surface area contributed by atoms with Crippen molar-refractivity contribution in [3.63, 3.8) is 0 Å². The fraction of sp³-hybridized carbons (Fsp3) is 0.304. The lowest BCUT2D eigenvalue weighted by molar-refractivity contribution is 0.268. The summed E-state index contributed by atoms with van der Waals surface area (Å²) in [4.78, 5) is 13.9. The standard InChI is InChI=1S/C23H24N2O2S/c1-16-13-22(26)27-21-15-19(7-8-20(16)21)24-23(28)25-11-9-18(10-12-25)14-17-5-3-2-4-6-17/h2-8,13,15,18H,9-12,14H2,1H3,(H,24,28). The SMILES string of the molecule is Cc1cc(=O)oc2cc(NC(=S)N3CCC(Cc4ccccc4)CC3)ccc12. The Hall–Kier alpha value is -2.66. The van der Waals surface area contributed by atoms with Gasteiger partial charge in [-0.15, -0.1) is 0 Å². The number of rotatable bonds is 3. The van der Waals surface area contributed by atoms with E-state index in [9.17, 15) is 4.79 Å². The van der Waals surface area contributed by atoms with Crippen molar-refractivity contribution in [2.75, 3.05) is 18.4 Å². The van der Waals surface area contributed by atoms with Gasteiger partial charge in [0.15, 0.2) is 5.11 Å². The molecule has 1 saturated heterocycles. The number of likely N-dealkylation sites (tertiary alicyclic amines) is 1. The third kappa shape index (κ3) is 4.25. The first-order valence-corrected chi connectivity index (χ1v) is 10.1. The molecule has 1 fully saturated rings. The van der Waals surface area contributed by atoms with Crippen LogP contribution < -0.4 is 10.9 Å². The van der Waals surface area contributed by atoms with Crippen LogP contribution in [0.1, 0.15) is 24.0 Å². The molecule has 1 aromatic heterocycles. The van der Waals surface area contributed by atoms with Crippen LogP contribution in [0.25, 0.3) is 11.0 Å². The Kier molecular flexibility index (Phi) is 5.44. The average Bonchev–Trinajstić information content (AvgIpc) is 2.69. The Labute approximate surface area is 170 Å². The second-order valence-electron chi connectivity index (χ2n) is 7.51. The maximum Gasteiger partial charge on any atom is 0.336 e. The minimum absolute atomic E-state index is 0.329. The second-order valence-corrected chi connectivity index (χ2v) is 7.90. The van der Waals surface area contributed by atoms with Gasteiger partial charge < -0.3 is 14.6 Å². The van der Waals surface area contributed by atoms with Crippen LogP contribution in [0.15, 0.2) is 63.8 Å². The van der Waals surface area contributed by atoms with Gasteiger partial charge in [-0.2, -0.15) is 0 Å². The van der Waals surface area contributed by atoms with Crippen molar-refractivity contribution in [3.05, 3.63) is 76.1 Å². The van der Waals surface area contributed by atoms with Crippen molar-refractivity contribution >= 4 is 34.0 Å². The molecule has 0 saturated carbocycles. The number of nitrogens with zero attached hydrogens (tertiary/aromatic N) is 1. The first-order chi connectivity index (χ1) is 13.6. The molecule has 0 bridgehead atoms. The van der Waals surface area contributed by atoms with Crippen LogP contribution in [0.5, 0.6) is 0 Å². The van der Waals surface area contributed by atoms with E-state index in [-0.39, 0.29) is 5.63 Å². The molecule has 0 amide bonds. The average molecular weight is 393 g/mol. The smallest absolute Gasteiger partial charge is 0.336 e. The predicted molar refractivity (Wildman–Crippen MR) is 118 cm³/mol. The monoisotopic (exact) mass is 392 g/mol. The highest BCUT2D eigenvalue weighted by atomic mass is 32.1. The highest BCUT2D eigenvalue weighted by molar-refractivity contribution is 7.80. The summed E-state index contributed by atoms with van der Waals surface area (Å²) >= 11 is 5.62. The molecule has 0 atom stereocenters. The molecule has 4 nitrogen and oxygen atoms in total. The van der Waals surface area contributed by atoms with E-state index in [2.05, 4.69) is 40.5 Å². The zero-order valence-electron chi connectivity index (χ0n) is 16.0. The van der Waals surface area contributed by atoms with Gasteiger partial charge in [-0.1, -0.05) is 30.3 Å². The maximum atomic E-state index is 11.6. The van der Waals surface area contributed by atoms with E-state index in [0.29, 0.717) is 11.5 Å². The van der Waals surface area contributed by atoms with E-state index in [1.165, 1.54) is 11.6 Å². The summed E-state index contributed by atoms with van der Waals surface area (Å²) in [6.45, 7) is 3.84. The van der Waals surface area contributed by atoms with Gasteiger partial charge in [-0.3, -0.25) is 0 Å². The lowest BCUT2D eigenvalue weighted by Gasteiger charge is -2.34. The van der Waals surface area contributed by atoms with Crippen molar-refractivity contribution < 1.29 is 4.42 Å². The number of nitrogens with one attached hydrogen (secondary N) is 1. The number of thiocarbonyl (C=S) groups is 1. The molecule has 1 aliphatic rings. The van der Waals surface area contributed by atoms with E-state index in [1.54, 1.807) is 0 Å². The first-order valence-electron chi connectivity index (χ1n) is 9.73. The molecule has 2 aromatic carbocycles. The fourth-order valence-electron chi connectivity index (χ4n) is 3.89. The van der Waals surface area contributed by atoms with Crippen LogP contribution in [-0.4, -0.2) is 23.1 Å². The second kappa shape index (κ2) is 8.15. The molecule has 3 aromatic rings. The number of piperidine rings is 1. The van der Waals surface area contributed by atoms with Gasteiger partial charge in [-0.05, 0) is 67.6 Å². The van der Waals surface area contributed by atoms with E-state index >= 15 is 0 Å². The third-order valence-corrected chi connectivity index (χ3v) is 5.83. The molecule has 0 unspecified atom stereocenters. The zero-order chi connectivity index (χ0) is 19.5. The molecule has 28 heavy (non-hydrogen) atoms. The van der Waals surface area contributed by atoms with Crippen LogP contribution in [0.4, 0.5) is 5.69 Å². The Morgan fingerprint density at radius 3 is 2.64 bits per heavy atom. The molecule has 144 valence electrons. The summed E-state index contributed by atoms with van der Waals surface area (Å²) in [6.07, 6.45) is 3.42. The molecular weight excluding hydrogens is 368 g/mol. The van der Waals surface area contributed by atoms with Crippen molar-refractivity contribution in [2.45, 2.75) is 26.2 Å². The van der Waals surface area contributed by atoms with Gasteiger partial charge in [0.2, 0.25) is 0 Å². The molecule has 5 heteroatoms. The summed E-state index contributed by atoms with van der Waals surface area (Å²) < 4.78 is 5.33. The Balaban J connectivity index is 1.37.